The van der Waals surface area contributed by atoms with Crippen molar-refractivity contribution in [2.24, 2.45) is 5.92 Å². The number of carbonyl (C=O) groups is 1. The summed E-state index contributed by atoms with van der Waals surface area (Å²) in [6, 6.07) is 1.71. The number of piperidine rings is 2. The lowest BCUT2D eigenvalue weighted by Crippen LogP contribution is -2.48. The lowest BCUT2D eigenvalue weighted by molar-refractivity contribution is 0.0895. The van der Waals surface area contributed by atoms with Gasteiger partial charge in [0.15, 0.2) is 0 Å². The van der Waals surface area contributed by atoms with Crippen LogP contribution in [-0.4, -0.2) is 87.3 Å². The van der Waals surface area contributed by atoms with E-state index >= 15 is 0 Å². The largest absolute Gasteiger partial charge is 0.492 e. The van der Waals surface area contributed by atoms with Gasteiger partial charge in [0, 0.05) is 64.8 Å². The Morgan fingerprint density at radius 1 is 1.21 bits per heavy atom. The average molecular weight is 500 g/mol. The highest BCUT2D eigenvalue weighted by atomic mass is 35.5. The van der Waals surface area contributed by atoms with E-state index in [2.05, 4.69) is 10.2 Å². The van der Waals surface area contributed by atoms with Crippen LogP contribution < -0.4 is 15.8 Å². The summed E-state index contributed by atoms with van der Waals surface area (Å²) in [5.74, 6) is 0.902. The Morgan fingerprint density at radius 3 is 2.52 bits per heavy atom. The molecule has 1 amide bonds. The molecular formula is C22H34ClN5O4S. The second-order valence-electron chi connectivity index (χ2n) is 9.41. The number of hydrogen-bond donors (Lipinski definition) is 2. The Morgan fingerprint density at radius 2 is 1.88 bits per heavy atom. The van der Waals surface area contributed by atoms with Crippen LogP contribution in [0.2, 0.25) is 5.02 Å². The molecule has 3 heterocycles. The number of rotatable bonds is 6. The predicted molar refractivity (Wildman–Crippen MR) is 129 cm³/mol. The lowest BCUT2D eigenvalue weighted by atomic mass is 9.95. The van der Waals surface area contributed by atoms with Crippen molar-refractivity contribution in [3.05, 3.63) is 22.2 Å². The molecule has 3 N–H and O–H groups in total. The van der Waals surface area contributed by atoms with Crippen LogP contribution in [-0.2, 0) is 16.6 Å². The summed E-state index contributed by atoms with van der Waals surface area (Å²) < 4.78 is 33.1. The first-order chi connectivity index (χ1) is 15.7. The zero-order valence-electron chi connectivity index (χ0n) is 19.3. The highest BCUT2D eigenvalue weighted by Gasteiger charge is 2.32. The van der Waals surface area contributed by atoms with Crippen molar-refractivity contribution in [3.63, 3.8) is 0 Å². The standard InChI is InChI=1S/C22H34ClN5O4S/c1-26(2)33(30,31)28-10-3-15(4-11-28)14-27-8-5-16(6-9-27)25-22(29)18-13-19(23)20(24)17-7-12-32-21(17)18/h13,15-16H,3-12,14,24H2,1-2H3,(H,25,29). The number of nitrogen functional groups attached to an aromatic ring is 1. The number of fused-ring (bicyclic) bond motifs is 1. The first-order valence-corrected chi connectivity index (χ1v) is 13.4. The molecule has 0 aromatic heterocycles. The molecule has 0 aliphatic carbocycles. The number of anilines is 1. The van der Waals surface area contributed by atoms with Crippen LogP contribution in [0, 0.1) is 5.92 Å². The van der Waals surface area contributed by atoms with Gasteiger partial charge in [-0.25, -0.2) is 0 Å². The maximum absolute atomic E-state index is 12.9. The van der Waals surface area contributed by atoms with E-state index in [1.165, 1.54) is 4.31 Å². The second-order valence-corrected chi connectivity index (χ2v) is 12.0. The molecule has 2 fully saturated rings. The molecule has 0 radical (unpaired) electrons. The Labute approximate surface area is 201 Å². The van der Waals surface area contributed by atoms with Crippen LogP contribution in [0.4, 0.5) is 5.69 Å². The van der Waals surface area contributed by atoms with Gasteiger partial charge in [0.25, 0.3) is 16.1 Å². The van der Waals surface area contributed by atoms with Crippen LogP contribution >= 0.6 is 11.6 Å². The quantitative estimate of drug-likeness (QED) is 0.575. The maximum atomic E-state index is 12.9. The molecule has 1 aromatic rings. The number of nitrogens with two attached hydrogens (primary N) is 1. The molecule has 184 valence electrons. The summed E-state index contributed by atoms with van der Waals surface area (Å²) in [4.78, 5) is 15.4. The highest BCUT2D eigenvalue weighted by molar-refractivity contribution is 7.86. The van der Waals surface area contributed by atoms with Crippen molar-refractivity contribution in [2.45, 2.75) is 38.1 Å². The number of hydrogen-bond acceptors (Lipinski definition) is 6. The Kier molecular flexibility index (Phi) is 7.40. The van der Waals surface area contributed by atoms with E-state index in [-0.39, 0.29) is 11.9 Å². The van der Waals surface area contributed by atoms with Gasteiger partial charge in [0.1, 0.15) is 5.75 Å². The van der Waals surface area contributed by atoms with Gasteiger partial charge in [-0.05, 0) is 37.7 Å². The van der Waals surface area contributed by atoms with Crippen molar-refractivity contribution in [2.75, 3.05) is 59.2 Å². The van der Waals surface area contributed by atoms with Crippen LogP contribution in [0.25, 0.3) is 0 Å². The van der Waals surface area contributed by atoms with E-state index in [1.807, 2.05) is 0 Å². The van der Waals surface area contributed by atoms with E-state index in [1.54, 1.807) is 24.5 Å². The molecule has 11 heteroatoms. The molecule has 3 aliphatic heterocycles. The number of likely N-dealkylation sites (tertiary alicyclic amines) is 1. The number of nitrogens with one attached hydrogen (secondary N) is 1. The molecule has 0 atom stereocenters. The Hall–Kier alpha value is -1.59. The summed E-state index contributed by atoms with van der Waals surface area (Å²) in [5.41, 5.74) is 7.82. The summed E-state index contributed by atoms with van der Waals surface area (Å²) >= 11 is 6.24. The summed E-state index contributed by atoms with van der Waals surface area (Å²) in [5, 5.41) is 3.54. The van der Waals surface area contributed by atoms with E-state index in [4.69, 9.17) is 22.1 Å². The predicted octanol–water partition coefficient (Wildman–Crippen LogP) is 1.57. The summed E-state index contributed by atoms with van der Waals surface area (Å²) in [7, 11) is -0.167. The van der Waals surface area contributed by atoms with E-state index in [0.29, 0.717) is 54.1 Å². The zero-order chi connectivity index (χ0) is 23.8. The van der Waals surface area contributed by atoms with Gasteiger partial charge in [-0.2, -0.15) is 17.0 Å². The van der Waals surface area contributed by atoms with Gasteiger partial charge in [0.2, 0.25) is 0 Å². The van der Waals surface area contributed by atoms with Gasteiger partial charge < -0.3 is 20.7 Å². The highest BCUT2D eigenvalue weighted by Crippen LogP contribution is 2.38. The van der Waals surface area contributed by atoms with Crippen LogP contribution in [0.5, 0.6) is 5.75 Å². The Balaban J connectivity index is 1.25. The number of nitrogens with zero attached hydrogens (tertiary/aromatic N) is 3. The molecule has 0 bridgehead atoms. The number of benzene rings is 1. The molecule has 3 aliphatic rings. The molecule has 0 unspecified atom stereocenters. The average Bonchev–Trinajstić information content (AvgIpc) is 3.28. The number of halogens is 1. The monoisotopic (exact) mass is 499 g/mol. The number of amides is 1. The molecule has 33 heavy (non-hydrogen) atoms. The van der Waals surface area contributed by atoms with E-state index in [9.17, 15) is 13.2 Å². The van der Waals surface area contributed by atoms with Crippen LogP contribution in [0.1, 0.15) is 41.6 Å². The van der Waals surface area contributed by atoms with E-state index in [0.717, 1.165) is 50.9 Å². The molecule has 4 rings (SSSR count). The third-order valence-electron chi connectivity index (χ3n) is 7.02. The van der Waals surface area contributed by atoms with Crippen LogP contribution in [0.3, 0.4) is 0 Å². The lowest BCUT2D eigenvalue weighted by Gasteiger charge is -2.38. The first kappa shape index (κ1) is 24.5. The van der Waals surface area contributed by atoms with Crippen molar-refractivity contribution >= 4 is 33.4 Å². The van der Waals surface area contributed by atoms with Gasteiger partial charge in [-0.3, -0.25) is 4.79 Å². The number of carbonyl (C=O) groups excluding carboxylic acids is 1. The van der Waals surface area contributed by atoms with Crippen molar-refractivity contribution in [1.29, 1.82) is 0 Å². The van der Waals surface area contributed by atoms with Crippen molar-refractivity contribution in [3.8, 4) is 5.75 Å². The van der Waals surface area contributed by atoms with Gasteiger partial charge in [-0.15, -0.1) is 0 Å². The SMILES string of the molecule is CN(C)S(=O)(=O)N1CCC(CN2CCC(NC(=O)c3cc(Cl)c(N)c4c3OCC4)CC2)CC1. The van der Waals surface area contributed by atoms with Crippen molar-refractivity contribution in [1.82, 2.24) is 18.8 Å². The van der Waals surface area contributed by atoms with Crippen molar-refractivity contribution < 1.29 is 17.9 Å². The molecular weight excluding hydrogens is 466 g/mol. The molecule has 9 nitrogen and oxygen atoms in total. The first-order valence-electron chi connectivity index (χ1n) is 11.6. The maximum Gasteiger partial charge on any atom is 0.281 e. The van der Waals surface area contributed by atoms with Crippen LogP contribution in [0.15, 0.2) is 6.07 Å². The molecule has 0 saturated carbocycles. The second kappa shape index (κ2) is 9.95. The number of ether oxygens (including phenoxy) is 1. The summed E-state index contributed by atoms with van der Waals surface area (Å²) in [6.07, 6.45) is 4.19. The van der Waals surface area contributed by atoms with E-state index < -0.39 is 10.2 Å². The normalized spacial score (nSPS) is 21.2. The molecule has 0 spiro atoms. The fraction of sp³-hybridized carbons (Fsp3) is 0.682. The van der Waals surface area contributed by atoms with Gasteiger partial charge in [0.05, 0.1) is 22.9 Å². The smallest absolute Gasteiger partial charge is 0.281 e. The summed E-state index contributed by atoms with van der Waals surface area (Å²) in [6.45, 7) is 4.48. The fourth-order valence-corrected chi connectivity index (χ4v) is 6.33. The van der Waals surface area contributed by atoms with Gasteiger partial charge in [-0.1, -0.05) is 11.6 Å². The molecule has 1 aromatic carbocycles. The zero-order valence-corrected chi connectivity index (χ0v) is 20.9. The Bertz CT molecular complexity index is 987. The minimum absolute atomic E-state index is 0.106. The minimum Gasteiger partial charge on any atom is -0.492 e. The topological polar surface area (TPSA) is 108 Å². The fourth-order valence-electron chi connectivity index (χ4n) is 4.98. The third-order valence-corrected chi connectivity index (χ3v) is 9.27. The molecule has 2 saturated heterocycles. The third kappa shape index (κ3) is 5.24. The van der Waals surface area contributed by atoms with Gasteiger partial charge >= 0.3 is 0 Å². The minimum atomic E-state index is -3.32.